The zero-order valence-corrected chi connectivity index (χ0v) is 10.1. The van der Waals surface area contributed by atoms with Crippen molar-refractivity contribution in [3.63, 3.8) is 0 Å². The fourth-order valence-electron chi connectivity index (χ4n) is 1.53. The molecule has 0 amide bonds. The van der Waals surface area contributed by atoms with Crippen molar-refractivity contribution < 1.29 is 13.5 Å². The van der Waals surface area contributed by atoms with Gasteiger partial charge in [-0.15, -0.1) is 11.3 Å². The number of halogens is 2. The van der Waals surface area contributed by atoms with Crippen LogP contribution in [0.1, 0.15) is 16.3 Å². The number of rotatable bonds is 4. The van der Waals surface area contributed by atoms with E-state index < -0.39 is 11.6 Å². The minimum absolute atomic E-state index is 0.434. The summed E-state index contributed by atoms with van der Waals surface area (Å²) >= 11 is 1.46. The third kappa shape index (κ3) is 3.31. The fraction of sp³-hybridized carbons (Fsp3) is 0.250. The zero-order chi connectivity index (χ0) is 12.3. The van der Waals surface area contributed by atoms with Gasteiger partial charge in [0.2, 0.25) is 0 Å². The van der Waals surface area contributed by atoms with Crippen LogP contribution in [0.25, 0.3) is 0 Å². The van der Waals surface area contributed by atoms with Gasteiger partial charge in [0.05, 0.1) is 17.3 Å². The van der Waals surface area contributed by atoms with Gasteiger partial charge in [0.25, 0.3) is 0 Å². The summed E-state index contributed by atoms with van der Waals surface area (Å²) in [6.45, 7) is 0.452. The largest absolute Gasteiger partial charge is 0.378 e. The highest BCUT2D eigenvalue weighted by atomic mass is 32.1. The molecule has 0 saturated heterocycles. The Hall–Kier alpha value is -1.33. The second-order valence-corrected chi connectivity index (χ2v) is 4.56. The van der Waals surface area contributed by atoms with E-state index in [-0.39, 0.29) is 0 Å². The van der Waals surface area contributed by atoms with Gasteiger partial charge < -0.3 is 4.74 Å². The maximum absolute atomic E-state index is 13.0. The maximum Gasteiger partial charge on any atom is 0.126 e. The van der Waals surface area contributed by atoms with Crippen LogP contribution < -0.4 is 0 Å². The lowest BCUT2D eigenvalue weighted by atomic mass is 10.1. The summed E-state index contributed by atoms with van der Waals surface area (Å²) in [6.07, 6.45) is 0.434. The van der Waals surface area contributed by atoms with Crippen LogP contribution in [-0.2, 0) is 17.8 Å². The quantitative estimate of drug-likeness (QED) is 0.837. The molecule has 0 N–H and O–H groups in total. The van der Waals surface area contributed by atoms with Gasteiger partial charge in [-0.25, -0.2) is 13.8 Å². The highest BCUT2D eigenvalue weighted by Gasteiger charge is 2.05. The molecule has 0 radical (unpaired) electrons. The van der Waals surface area contributed by atoms with Crippen LogP contribution in [0.2, 0.25) is 0 Å². The first-order valence-electron chi connectivity index (χ1n) is 5.04. The molecular formula is C12H11F2NOS. The summed E-state index contributed by atoms with van der Waals surface area (Å²) < 4.78 is 30.9. The molecule has 0 spiro atoms. The lowest BCUT2D eigenvalue weighted by Gasteiger charge is -1.99. The standard InChI is InChI=1S/C12H11F2NOS/c1-16-6-11-7-17-12(15-11)4-8-2-9(13)5-10(14)3-8/h2-3,5,7H,4,6H2,1H3. The van der Waals surface area contributed by atoms with Crippen LogP contribution in [-0.4, -0.2) is 12.1 Å². The van der Waals surface area contributed by atoms with Gasteiger partial charge in [0, 0.05) is 25.0 Å². The van der Waals surface area contributed by atoms with E-state index in [1.165, 1.54) is 23.5 Å². The third-order valence-electron chi connectivity index (χ3n) is 2.17. The van der Waals surface area contributed by atoms with Crippen LogP contribution >= 0.6 is 11.3 Å². The second kappa shape index (κ2) is 5.33. The van der Waals surface area contributed by atoms with Crippen molar-refractivity contribution in [3.8, 4) is 0 Å². The molecule has 1 aromatic carbocycles. The Morgan fingerprint density at radius 3 is 2.59 bits per heavy atom. The molecule has 0 atom stereocenters. The lowest BCUT2D eigenvalue weighted by molar-refractivity contribution is 0.182. The molecule has 0 bridgehead atoms. The van der Waals surface area contributed by atoms with Crippen molar-refractivity contribution in [3.05, 3.63) is 51.5 Å². The van der Waals surface area contributed by atoms with E-state index in [1.807, 2.05) is 5.38 Å². The molecule has 0 saturated carbocycles. The Bertz CT molecular complexity index is 493. The van der Waals surface area contributed by atoms with E-state index in [2.05, 4.69) is 4.98 Å². The van der Waals surface area contributed by atoms with Crippen molar-refractivity contribution in [1.29, 1.82) is 0 Å². The first-order chi connectivity index (χ1) is 8.17. The highest BCUT2D eigenvalue weighted by Crippen LogP contribution is 2.17. The molecule has 0 aliphatic carbocycles. The monoisotopic (exact) mass is 255 g/mol. The summed E-state index contributed by atoms with van der Waals surface area (Å²) in [5.41, 5.74) is 1.42. The van der Waals surface area contributed by atoms with Crippen LogP contribution in [0.5, 0.6) is 0 Å². The van der Waals surface area contributed by atoms with Crippen molar-refractivity contribution >= 4 is 11.3 Å². The van der Waals surface area contributed by atoms with Gasteiger partial charge in [-0.05, 0) is 17.7 Å². The Kier molecular flexibility index (Phi) is 3.81. The van der Waals surface area contributed by atoms with E-state index in [0.717, 1.165) is 16.8 Å². The van der Waals surface area contributed by atoms with E-state index in [1.54, 1.807) is 7.11 Å². The van der Waals surface area contributed by atoms with Crippen molar-refractivity contribution in [2.24, 2.45) is 0 Å². The second-order valence-electron chi connectivity index (χ2n) is 3.62. The molecule has 90 valence electrons. The topological polar surface area (TPSA) is 22.1 Å². The molecular weight excluding hydrogens is 244 g/mol. The first-order valence-corrected chi connectivity index (χ1v) is 5.92. The minimum Gasteiger partial charge on any atom is -0.378 e. The molecule has 2 rings (SSSR count). The molecule has 5 heteroatoms. The molecule has 0 aliphatic heterocycles. The van der Waals surface area contributed by atoms with Crippen molar-refractivity contribution in [2.45, 2.75) is 13.0 Å². The van der Waals surface area contributed by atoms with E-state index in [4.69, 9.17) is 4.74 Å². The average molecular weight is 255 g/mol. The summed E-state index contributed by atoms with van der Waals surface area (Å²) in [6, 6.07) is 3.50. The first kappa shape index (κ1) is 12.1. The molecule has 1 heterocycles. The zero-order valence-electron chi connectivity index (χ0n) is 9.24. The van der Waals surface area contributed by atoms with Gasteiger partial charge in [-0.2, -0.15) is 0 Å². The lowest BCUT2D eigenvalue weighted by Crippen LogP contribution is -1.92. The number of hydrogen-bond acceptors (Lipinski definition) is 3. The van der Waals surface area contributed by atoms with Gasteiger partial charge in [-0.1, -0.05) is 0 Å². The predicted octanol–water partition coefficient (Wildman–Crippen LogP) is 3.16. The molecule has 1 aromatic heterocycles. The third-order valence-corrected chi connectivity index (χ3v) is 3.07. The van der Waals surface area contributed by atoms with Crippen molar-refractivity contribution in [1.82, 2.24) is 4.98 Å². The smallest absolute Gasteiger partial charge is 0.126 e. The molecule has 17 heavy (non-hydrogen) atoms. The summed E-state index contributed by atoms with van der Waals surface area (Å²) in [5, 5.41) is 2.70. The molecule has 2 nitrogen and oxygen atoms in total. The summed E-state index contributed by atoms with van der Waals surface area (Å²) in [5.74, 6) is -1.12. The Balaban J connectivity index is 2.13. The van der Waals surface area contributed by atoms with Crippen LogP contribution in [0.3, 0.4) is 0 Å². The number of ether oxygens (including phenoxy) is 1. The van der Waals surface area contributed by atoms with Crippen LogP contribution in [0, 0.1) is 11.6 Å². The maximum atomic E-state index is 13.0. The van der Waals surface area contributed by atoms with Gasteiger partial charge in [0.15, 0.2) is 0 Å². The number of benzene rings is 1. The number of hydrogen-bond donors (Lipinski definition) is 0. The van der Waals surface area contributed by atoms with Crippen LogP contribution in [0.4, 0.5) is 8.78 Å². The van der Waals surface area contributed by atoms with E-state index in [9.17, 15) is 8.78 Å². The Labute approximate surface area is 102 Å². The highest BCUT2D eigenvalue weighted by molar-refractivity contribution is 7.09. The van der Waals surface area contributed by atoms with Crippen molar-refractivity contribution in [2.75, 3.05) is 7.11 Å². The minimum atomic E-state index is -0.561. The van der Waals surface area contributed by atoms with E-state index >= 15 is 0 Å². The van der Waals surface area contributed by atoms with Crippen LogP contribution in [0.15, 0.2) is 23.6 Å². The molecule has 0 unspecified atom stereocenters. The molecule has 0 fully saturated rings. The molecule has 0 aliphatic rings. The summed E-state index contributed by atoms with van der Waals surface area (Å²) in [7, 11) is 1.60. The number of nitrogens with zero attached hydrogens (tertiary/aromatic N) is 1. The van der Waals surface area contributed by atoms with E-state index in [0.29, 0.717) is 18.6 Å². The fourth-order valence-corrected chi connectivity index (χ4v) is 2.34. The SMILES string of the molecule is COCc1csc(Cc2cc(F)cc(F)c2)n1. The number of methoxy groups -OCH3 is 1. The number of thiazole rings is 1. The van der Waals surface area contributed by atoms with Gasteiger partial charge in [0.1, 0.15) is 11.6 Å². The number of aromatic nitrogens is 1. The Morgan fingerprint density at radius 2 is 1.94 bits per heavy atom. The normalized spacial score (nSPS) is 10.8. The van der Waals surface area contributed by atoms with Gasteiger partial charge in [-0.3, -0.25) is 0 Å². The summed E-state index contributed by atoms with van der Waals surface area (Å²) in [4.78, 5) is 4.30. The van der Waals surface area contributed by atoms with Gasteiger partial charge >= 0.3 is 0 Å². The Morgan fingerprint density at radius 1 is 1.24 bits per heavy atom. The average Bonchev–Trinajstić information content (AvgIpc) is 2.64. The molecule has 2 aromatic rings. The predicted molar refractivity (Wildman–Crippen MR) is 62.0 cm³/mol.